The molecule has 122 valence electrons. The fourth-order valence-corrected chi connectivity index (χ4v) is 2.61. The molecule has 0 aliphatic heterocycles. The summed E-state index contributed by atoms with van der Waals surface area (Å²) >= 11 is 0. The summed E-state index contributed by atoms with van der Waals surface area (Å²) in [5.74, 6) is 1.29. The minimum Gasteiger partial charge on any atom is -0.460 e. The number of carbonyl (C=O) groups excluding carboxylic acids is 1. The highest BCUT2D eigenvalue weighted by atomic mass is 16.6. The van der Waals surface area contributed by atoms with E-state index in [9.17, 15) is 4.79 Å². The highest BCUT2D eigenvalue weighted by molar-refractivity contribution is 5.86. The van der Waals surface area contributed by atoms with Gasteiger partial charge in [-0.2, -0.15) is 0 Å². The lowest BCUT2D eigenvalue weighted by molar-refractivity contribution is -0.140. The number of ether oxygens (including phenoxy) is 3. The smallest absolute Gasteiger partial charge is 0.333 e. The lowest BCUT2D eigenvalue weighted by Crippen LogP contribution is -2.25. The van der Waals surface area contributed by atoms with Crippen molar-refractivity contribution in [3.63, 3.8) is 0 Å². The lowest BCUT2D eigenvalue weighted by Gasteiger charge is -2.30. The highest BCUT2D eigenvalue weighted by Gasteiger charge is 2.23. The van der Waals surface area contributed by atoms with Gasteiger partial charge in [0.2, 0.25) is 0 Å². The highest BCUT2D eigenvalue weighted by Crippen LogP contribution is 2.31. The van der Waals surface area contributed by atoms with Crippen LogP contribution in [-0.4, -0.2) is 38.5 Å². The average molecular weight is 298 g/mol. The Morgan fingerprint density at radius 3 is 2.29 bits per heavy atom. The molecule has 0 atom stereocenters. The van der Waals surface area contributed by atoms with Crippen molar-refractivity contribution in [1.82, 2.24) is 0 Å². The van der Waals surface area contributed by atoms with Gasteiger partial charge in [-0.1, -0.05) is 20.4 Å². The Balaban J connectivity index is 1.93. The van der Waals surface area contributed by atoms with Crippen LogP contribution in [0.25, 0.3) is 0 Å². The summed E-state index contributed by atoms with van der Waals surface area (Å²) in [6.45, 7) is 11.6. The summed E-state index contributed by atoms with van der Waals surface area (Å²) in [6, 6.07) is 0. The van der Waals surface area contributed by atoms with Crippen molar-refractivity contribution < 1.29 is 19.0 Å². The van der Waals surface area contributed by atoms with Gasteiger partial charge in [0.1, 0.15) is 6.61 Å². The van der Waals surface area contributed by atoms with E-state index < -0.39 is 0 Å². The Kier molecular flexibility index (Phi) is 8.62. The third-order valence-electron chi connectivity index (χ3n) is 4.05. The zero-order valence-corrected chi connectivity index (χ0v) is 13.7. The first-order valence-corrected chi connectivity index (χ1v) is 8.02. The average Bonchev–Trinajstić information content (AvgIpc) is 2.46. The van der Waals surface area contributed by atoms with E-state index in [0.29, 0.717) is 31.5 Å². The van der Waals surface area contributed by atoms with Crippen molar-refractivity contribution in [3.05, 3.63) is 12.2 Å². The molecule has 4 heteroatoms. The van der Waals surface area contributed by atoms with Crippen LogP contribution in [0.2, 0.25) is 0 Å². The number of esters is 1. The fraction of sp³-hybridized carbons (Fsp3) is 0.824. The lowest BCUT2D eigenvalue weighted by atomic mass is 9.80. The van der Waals surface area contributed by atoms with Gasteiger partial charge in [0.25, 0.3) is 0 Å². The summed E-state index contributed by atoms with van der Waals surface area (Å²) in [5.41, 5.74) is 0.412. The van der Waals surface area contributed by atoms with Crippen LogP contribution in [0.15, 0.2) is 12.2 Å². The van der Waals surface area contributed by atoms with E-state index >= 15 is 0 Å². The van der Waals surface area contributed by atoms with Gasteiger partial charge in [-0.05, 0) is 44.4 Å². The third kappa shape index (κ3) is 7.63. The Morgan fingerprint density at radius 1 is 1.10 bits per heavy atom. The Labute approximate surface area is 128 Å². The van der Waals surface area contributed by atoms with Crippen LogP contribution in [0.1, 0.15) is 46.5 Å². The quantitative estimate of drug-likeness (QED) is 0.372. The molecule has 1 saturated carbocycles. The first kappa shape index (κ1) is 18.2. The minimum atomic E-state index is -0.364. The normalized spacial score (nSPS) is 22.3. The second kappa shape index (κ2) is 9.96. The summed E-state index contributed by atoms with van der Waals surface area (Å²) < 4.78 is 16.1. The second-order valence-corrected chi connectivity index (χ2v) is 6.18. The summed E-state index contributed by atoms with van der Waals surface area (Å²) in [6.07, 6.45) is 5.28. The molecule has 0 unspecified atom stereocenters. The van der Waals surface area contributed by atoms with Gasteiger partial charge >= 0.3 is 5.97 Å². The molecule has 21 heavy (non-hydrogen) atoms. The molecule has 0 aromatic carbocycles. The molecule has 0 heterocycles. The molecule has 1 fully saturated rings. The van der Waals surface area contributed by atoms with Gasteiger partial charge in [0, 0.05) is 5.57 Å². The van der Waals surface area contributed by atoms with E-state index in [-0.39, 0.29) is 12.6 Å². The first-order chi connectivity index (χ1) is 10.0. The van der Waals surface area contributed by atoms with Gasteiger partial charge < -0.3 is 14.2 Å². The number of rotatable bonds is 9. The SMILES string of the molecule is C=C(C)C(=O)OCCOCCOC1CCC(C(C)C)CC1. The van der Waals surface area contributed by atoms with E-state index in [0.717, 1.165) is 11.8 Å². The molecule has 0 aromatic rings. The van der Waals surface area contributed by atoms with Gasteiger partial charge in [0.15, 0.2) is 0 Å². The van der Waals surface area contributed by atoms with Crippen molar-refractivity contribution in [3.8, 4) is 0 Å². The number of carbonyl (C=O) groups is 1. The molecular weight excluding hydrogens is 268 g/mol. The largest absolute Gasteiger partial charge is 0.460 e. The third-order valence-corrected chi connectivity index (χ3v) is 4.05. The predicted octanol–water partition coefficient (Wildman–Crippen LogP) is 3.35. The molecule has 0 aromatic heterocycles. The molecule has 0 bridgehead atoms. The number of hydrogen-bond donors (Lipinski definition) is 0. The van der Waals surface area contributed by atoms with Crippen molar-refractivity contribution in [2.45, 2.75) is 52.6 Å². The van der Waals surface area contributed by atoms with Crippen molar-refractivity contribution in [2.75, 3.05) is 26.4 Å². The molecule has 1 aliphatic rings. The zero-order chi connectivity index (χ0) is 15.7. The maximum absolute atomic E-state index is 11.1. The summed E-state index contributed by atoms with van der Waals surface area (Å²) in [7, 11) is 0. The molecule has 0 saturated heterocycles. The number of hydrogen-bond acceptors (Lipinski definition) is 4. The Morgan fingerprint density at radius 2 is 1.71 bits per heavy atom. The van der Waals surface area contributed by atoms with E-state index in [1.54, 1.807) is 6.92 Å². The topological polar surface area (TPSA) is 44.8 Å². The second-order valence-electron chi connectivity index (χ2n) is 6.18. The van der Waals surface area contributed by atoms with Crippen LogP contribution in [0.3, 0.4) is 0 Å². The van der Waals surface area contributed by atoms with Crippen LogP contribution in [-0.2, 0) is 19.0 Å². The van der Waals surface area contributed by atoms with Crippen LogP contribution in [0.4, 0.5) is 0 Å². The summed E-state index contributed by atoms with van der Waals surface area (Å²) in [4.78, 5) is 11.1. The van der Waals surface area contributed by atoms with Crippen molar-refractivity contribution in [1.29, 1.82) is 0 Å². The maximum atomic E-state index is 11.1. The molecule has 0 amide bonds. The Bertz CT molecular complexity index is 317. The van der Waals surface area contributed by atoms with Crippen molar-refractivity contribution in [2.24, 2.45) is 11.8 Å². The van der Waals surface area contributed by atoms with Crippen LogP contribution >= 0.6 is 0 Å². The van der Waals surface area contributed by atoms with Gasteiger partial charge in [-0.25, -0.2) is 4.79 Å². The molecular formula is C17H30O4. The molecule has 1 rings (SSSR count). The molecule has 0 spiro atoms. The van der Waals surface area contributed by atoms with E-state index in [1.165, 1.54) is 25.7 Å². The fourth-order valence-electron chi connectivity index (χ4n) is 2.61. The molecule has 0 radical (unpaired) electrons. The Hall–Kier alpha value is -0.870. The van der Waals surface area contributed by atoms with E-state index in [4.69, 9.17) is 14.2 Å². The molecule has 1 aliphatic carbocycles. The van der Waals surface area contributed by atoms with Crippen molar-refractivity contribution >= 4 is 5.97 Å². The molecule has 4 nitrogen and oxygen atoms in total. The molecule has 0 N–H and O–H groups in total. The predicted molar refractivity (Wildman–Crippen MR) is 83.1 cm³/mol. The van der Waals surface area contributed by atoms with E-state index in [2.05, 4.69) is 20.4 Å². The van der Waals surface area contributed by atoms with Gasteiger partial charge in [0.05, 0.1) is 25.9 Å². The van der Waals surface area contributed by atoms with Gasteiger partial charge in [-0.3, -0.25) is 0 Å². The van der Waals surface area contributed by atoms with Gasteiger partial charge in [-0.15, -0.1) is 0 Å². The van der Waals surface area contributed by atoms with E-state index in [1.807, 2.05) is 0 Å². The monoisotopic (exact) mass is 298 g/mol. The van der Waals surface area contributed by atoms with Crippen LogP contribution in [0, 0.1) is 11.8 Å². The van der Waals surface area contributed by atoms with Crippen LogP contribution < -0.4 is 0 Å². The first-order valence-electron chi connectivity index (χ1n) is 8.02. The minimum absolute atomic E-state index is 0.269. The summed E-state index contributed by atoms with van der Waals surface area (Å²) in [5, 5.41) is 0. The standard InChI is InChI=1S/C17H30O4/c1-13(2)15-5-7-16(8-6-15)20-11-9-19-10-12-21-17(18)14(3)4/h13,15-16H,3,5-12H2,1-2,4H3. The zero-order valence-electron chi connectivity index (χ0n) is 13.7. The van der Waals surface area contributed by atoms with Crippen LogP contribution in [0.5, 0.6) is 0 Å². The maximum Gasteiger partial charge on any atom is 0.333 e.